The van der Waals surface area contributed by atoms with Crippen LogP contribution in [0.4, 0.5) is 0 Å². The van der Waals surface area contributed by atoms with Crippen LogP contribution < -0.4 is 10.6 Å². The van der Waals surface area contributed by atoms with Crippen molar-refractivity contribution in [3.63, 3.8) is 0 Å². The van der Waals surface area contributed by atoms with Gasteiger partial charge in [0, 0.05) is 25.6 Å². The summed E-state index contributed by atoms with van der Waals surface area (Å²) in [5.41, 5.74) is 2.27. The Balaban J connectivity index is 1.54. The molecule has 1 aromatic carbocycles. The van der Waals surface area contributed by atoms with Crippen molar-refractivity contribution >= 4 is 5.91 Å². The van der Waals surface area contributed by atoms with Crippen LogP contribution in [0.25, 0.3) is 11.5 Å². The van der Waals surface area contributed by atoms with Crippen LogP contribution in [0.5, 0.6) is 0 Å². The Morgan fingerprint density at radius 3 is 2.72 bits per heavy atom. The summed E-state index contributed by atoms with van der Waals surface area (Å²) in [6, 6.07) is 8.05. The second-order valence-corrected chi connectivity index (χ2v) is 6.46. The number of nitrogens with zero attached hydrogens (tertiary/aromatic N) is 1. The highest BCUT2D eigenvalue weighted by Gasteiger charge is 2.39. The Kier molecular flexibility index (Phi) is 5.50. The third-order valence-electron chi connectivity index (χ3n) is 4.73. The van der Waals surface area contributed by atoms with Crippen LogP contribution in [0.15, 0.2) is 34.9 Å². The molecule has 0 saturated carbocycles. The number of benzene rings is 1. The Bertz CT molecular complexity index is 703. The minimum Gasteiger partial charge on any atom is -0.444 e. The molecule has 2 N–H and O–H groups in total. The molecule has 0 bridgehead atoms. The molecule has 6 heteroatoms. The largest absolute Gasteiger partial charge is 0.444 e. The first kappa shape index (κ1) is 17.6. The SMILES string of the molecule is COC1(C(=O)NCCc2coc(-c3ccc(C)cc3)n2)CCNCC1. The second-order valence-electron chi connectivity index (χ2n) is 6.46. The van der Waals surface area contributed by atoms with Crippen molar-refractivity contribution in [2.45, 2.75) is 31.8 Å². The average Bonchev–Trinajstić information content (AvgIpc) is 3.11. The zero-order valence-corrected chi connectivity index (χ0v) is 14.8. The molecule has 1 fully saturated rings. The number of nitrogens with one attached hydrogen (secondary N) is 2. The van der Waals surface area contributed by atoms with Crippen molar-refractivity contribution in [2.75, 3.05) is 26.7 Å². The van der Waals surface area contributed by atoms with Crippen LogP contribution in [0.1, 0.15) is 24.1 Å². The number of oxazole rings is 1. The van der Waals surface area contributed by atoms with Crippen molar-refractivity contribution in [1.29, 1.82) is 0 Å². The third kappa shape index (κ3) is 4.08. The lowest BCUT2D eigenvalue weighted by Gasteiger charge is -2.34. The molecule has 25 heavy (non-hydrogen) atoms. The van der Waals surface area contributed by atoms with Gasteiger partial charge < -0.3 is 19.8 Å². The van der Waals surface area contributed by atoms with Gasteiger partial charge in [0.15, 0.2) is 0 Å². The molecular weight excluding hydrogens is 318 g/mol. The number of amides is 1. The lowest BCUT2D eigenvalue weighted by atomic mass is 9.91. The molecule has 3 rings (SSSR count). The summed E-state index contributed by atoms with van der Waals surface area (Å²) in [4.78, 5) is 17.0. The van der Waals surface area contributed by atoms with Crippen molar-refractivity contribution in [1.82, 2.24) is 15.6 Å². The van der Waals surface area contributed by atoms with Gasteiger partial charge in [0.1, 0.15) is 11.9 Å². The van der Waals surface area contributed by atoms with E-state index < -0.39 is 5.60 Å². The molecule has 2 heterocycles. The quantitative estimate of drug-likeness (QED) is 0.840. The van der Waals surface area contributed by atoms with Crippen LogP contribution >= 0.6 is 0 Å². The fraction of sp³-hybridized carbons (Fsp3) is 0.474. The summed E-state index contributed by atoms with van der Waals surface area (Å²) in [5, 5.41) is 6.23. The number of aromatic nitrogens is 1. The summed E-state index contributed by atoms with van der Waals surface area (Å²) in [6.07, 6.45) is 3.66. The number of aryl methyl sites for hydroxylation is 1. The fourth-order valence-electron chi connectivity index (χ4n) is 3.07. The van der Waals surface area contributed by atoms with E-state index in [0.29, 0.717) is 31.7 Å². The predicted molar refractivity (Wildman–Crippen MR) is 95.2 cm³/mol. The van der Waals surface area contributed by atoms with Gasteiger partial charge in [-0.1, -0.05) is 17.7 Å². The zero-order chi connectivity index (χ0) is 17.7. The Morgan fingerprint density at radius 1 is 1.32 bits per heavy atom. The van der Waals surface area contributed by atoms with E-state index in [1.54, 1.807) is 13.4 Å². The smallest absolute Gasteiger partial charge is 0.252 e. The van der Waals surface area contributed by atoms with E-state index in [9.17, 15) is 4.79 Å². The molecule has 2 aromatic rings. The molecule has 0 aliphatic carbocycles. The number of hydrogen-bond donors (Lipinski definition) is 2. The van der Waals surface area contributed by atoms with Gasteiger partial charge >= 0.3 is 0 Å². The molecule has 134 valence electrons. The number of carbonyl (C=O) groups is 1. The van der Waals surface area contributed by atoms with E-state index in [4.69, 9.17) is 9.15 Å². The van der Waals surface area contributed by atoms with Gasteiger partial charge in [-0.25, -0.2) is 4.98 Å². The first-order chi connectivity index (χ1) is 12.1. The van der Waals surface area contributed by atoms with E-state index in [2.05, 4.69) is 15.6 Å². The van der Waals surface area contributed by atoms with Gasteiger partial charge in [-0.15, -0.1) is 0 Å². The van der Waals surface area contributed by atoms with Crippen LogP contribution in [0, 0.1) is 6.92 Å². The predicted octanol–water partition coefficient (Wildman–Crippen LogP) is 2.08. The lowest BCUT2D eigenvalue weighted by Crippen LogP contribution is -2.54. The molecule has 6 nitrogen and oxygen atoms in total. The normalized spacial score (nSPS) is 16.6. The first-order valence-corrected chi connectivity index (χ1v) is 8.68. The Labute approximate surface area is 148 Å². The molecule has 1 saturated heterocycles. The van der Waals surface area contributed by atoms with E-state index >= 15 is 0 Å². The topological polar surface area (TPSA) is 76.4 Å². The number of piperidine rings is 1. The minimum atomic E-state index is -0.706. The minimum absolute atomic E-state index is 0.0428. The molecule has 0 unspecified atom stereocenters. The number of rotatable bonds is 6. The van der Waals surface area contributed by atoms with Crippen LogP contribution in [0.3, 0.4) is 0 Å². The van der Waals surface area contributed by atoms with Gasteiger partial charge in [0.2, 0.25) is 5.89 Å². The molecule has 1 aromatic heterocycles. The first-order valence-electron chi connectivity index (χ1n) is 8.68. The fourth-order valence-corrected chi connectivity index (χ4v) is 3.07. The van der Waals surface area contributed by atoms with Gasteiger partial charge in [-0.2, -0.15) is 0 Å². The van der Waals surface area contributed by atoms with Crippen molar-refractivity contribution in [3.05, 3.63) is 41.8 Å². The maximum atomic E-state index is 12.5. The van der Waals surface area contributed by atoms with Gasteiger partial charge in [-0.3, -0.25) is 4.79 Å². The van der Waals surface area contributed by atoms with Crippen LogP contribution in [-0.2, 0) is 16.0 Å². The molecule has 1 amide bonds. The van der Waals surface area contributed by atoms with E-state index in [0.717, 1.165) is 24.3 Å². The summed E-state index contributed by atoms with van der Waals surface area (Å²) in [7, 11) is 1.61. The van der Waals surface area contributed by atoms with Gasteiger partial charge in [0.05, 0.1) is 5.69 Å². The number of hydrogen-bond acceptors (Lipinski definition) is 5. The van der Waals surface area contributed by atoms with E-state index in [1.807, 2.05) is 31.2 Å². The van der Waals surface area contributed by atoms with E-state index in [1.165, 1.54) is 5.56 Å². The Hall–Kier alpha value is -2.18. The van der Waals surface area contributed by atoms with Crippen molar-refractivity contribution in [2.24, 2.45) is 0 Å². The number of methoxy groups -OCH3 is 1. The summed E-state index contributed by atoms with van der Waals surface area (Å²) in [6.45, 7) is 4.15. The number of ether oxygens (including phenoxy) is 1. The van der Waals surface area contributed by atoms with E-state index in [-0.39, 0.29) is 5.91 Å². The highest BCUT2D eigenvalue weighted by atomic mass is 16.5. The molecule has 1 aliphatic heterocycles. The van der Waals surface area contributed by atoms with Gasteiger partial charge in [-0.05, 0) is 45.0 Å². The molecule has 0 spiro atoms. The maximum Gasteiger partial charge on any atom is 0.252 e. The lowest BCUT2D eigenvalue weighted by molar-refractivity contribution is -0.146. The zero-order valence-electron chi connectivity index (χ0n) is 14.8. The molecule has 1 aliphatic rings. The third-order valence-corrected chi connectivity index (χ3v) is 4.73. The Morgan fingerprint density at radius 2 is 2.04 bits per heavy atom. The van der Waals surface area contributed by atoms with Crippen molar-refractivity contribution < 1.29 is 13.9 Å². The van der Waals surface area contributed by atoms with Crippen molar-refractivity contribution in [3.8, 4) is 11.5 Å². The molecule has 0 radical (unpaired) electrons. The number of carbonyl (C=O) groups excluding carboxylic acids is 1. The summed E-state index contributed by atoms with van der Waals surface area (Å²) >= 11 is 0. The highest BCUT2D eigenvalue weighted by molar-refractivity contribution is 5.85. The molecule has 0 atom stereocenters. The maximum absolute atomic E-state index is 12.5. The van der Waals surface area contributed by atoms with Gasteiger partial charge in [0.25, 0.3) is 5.91 Å². The second kappa shape index (κ2) is 7.80. The summed E-state index contributed by atoms with van der Waals surface area (Å²) < 4.78 is 11.1. The monoisotopic (exact) mass is 343 g/mol. The highest BCUT2D eigenvalue weighted by Crippen LogP contribution is 2.23. The van der Waals surface area contributed by atoms with Crippen LogP contribution in [-0.4, -0.2) is 43.2 Å². The van der Waals surface area contributed by atoms with Crippen LogP contribution in [0.2, 0.25) is 0 Å². The average molecular weight is 343 g/mol. The molecular formula is C19H25N3O3. The standard InChI is InChI=1S/C19H25N3O3/c1-14-3-5-15(6-4-14)17-22-16(13-25-17)7-10-21-18(23)19(24-2)8-11-20-12-9-19/h3-6,13,20H,7-12H2,1-2H3,(H,21,23). The summed E-state index contributed by atoms with van der Waals surface area (Å²) in [5.74, 6) is 0.562.